The Morgan fingerprint density at radius 1 is 0.253 bits per heavy atom. The van der Waals surface area contributed by atoms with Crippen LogP contribution < -0.4 is 0 Å². The van der Waals surface area contributed by atoms with Gasteiger partial charge in [0.25, 0.3) is 0 Å². The lowest BCUT2D eigenvalue weighted by atomic mass is 9.97. The predicted octanol–water partition coefficient (Wildman–Crippen LogP) is 19.2. The van der Waals surface area contributed by atoms with Gasteiger partial charge in [-0.25, -0.2) is 19.9 Å². The number of aryl methyl sites for hydroxylation is 2. The number of hydrogen-bond acceptors (Lipinski definition) is 4. The Balaban J connectivity index is 1.22. The first-order valence-electron chi connectivity index (χ1n) is 28.2. The van der Waals surface area contributed by atoms with Crippen LogP contribution in [-0.4, -0.2) is 33.6 Å². The minimum Gasteiger partial charge on any atom is -0.308 e. The summed E-state index contributed by atoms with van der Waals surface area (Å²) in [7, 11) is 0. The molecule has 0 radical (unpaired) electrons. The molecule has 0 unspecified atom stereocenters. The van der Waals surface area contributed by atoms with Crippen molar-refractivity contribution in [1.82, 2.24) is 33.6 Å². The van der Waals surface area contributed by atoms with Gasteiger partial charge in [-0.1, -0.05) is 217 Å². The molecule has 7 nitrogen and oxygen atoms in total. The molecular weight excluding hydrogens is 1010 g/mol. The number of fused-ring (bicyclic) bond motifs is 9. The van der Waals surface area contributed by atoms with Crippen molar-refractivity contribution in [2.45, 2.75) is 13.8 Å². The first-order valence-corrected chi connectivity index (χ1v) is 28.2. The van der Waals surface area contributed by atoms with E-state index in [-0.39, 0.29) is 0 Å². The van der Waals surface area contributed by atoms with Crippen LogP contribution in [0.2, 0.25) is 0 Å². The van der Waals surface area contributed by atoms with Crippen molar-refractivity contribution < 1.29 is 0 Å². The van der Waals surface area contributed by atoms with Gasteiger partial charge in [0.05, 0.1) is 78.5 Å². The molecule has 0 bridgehead atoms. The average molecular weight is 1060 g/mol. The largest absolute Gasteiger partial charge is 0.308 e. The van der Waals surface area contributed by atoms with Crippen molar-refractivity contribution in [3.05, 3.63) is 284 Å². The average Bonchev–Trinajstić information content (AvgIpc) is 2.01. The highest BCUT2D eigenvalue weighted by molar-refractivity contribution is 6.15. The first-order chi connectivity index (χ1) is 41.0. The van der Waals surface area contributed by atoms with Crippen molar-refractivity contribution >= 4 is 65.4 Å². The molecule has 0 aliphatic heterocycles. The highest BCUT2D eigenvalue weighted by atomic mass is 15.1. The quantitative estimate of drug-likeness (QED) is 0.144. The number of para-hydroxylation sites is 4. The number of hydrogen-bond donors (Lipinski definition) is 0. The standard InChI is InChI=1S/C76H51N7/c1-48-39-41-69-58(43-48)59-44-49(2)40-42-70(59)82(69)73-60(75-77-61(50-23-7-3-8-24-50)46-62(78-75)51-25-9-4-10-26-51)45-71(81-65-35-19-15-31-54(65)55-32-16-20-36-66(55)81)74(83-67-37-21-17-33-56(67)57-34-18-22-38-68(57)83)72(73)76-79-63(52-27-11-5-12-28-52)47-64(80-76)53-29-13-6-14-30-53/h3-47H,1-2H3. The molecule has 16 aromatic rings. The van der Waals surface area contributed by atoms with Gasteiger partial charge in [0.15, 0.2) is 11.6 Å². The second-order valence-electron chi connectivity index (χ2n) is 21.5. The van der Waals surface area contributed by atoms with Crippen LogP contribution in [0.15, 0.2) is 273 Å². The van der Waals surface area contributed by atoms with Gasteiger partial charge >= 0.3 is 0 Å². The summed E-state index contributed by atoms with van der Waals surface area (Å²) in [6, 6.07) is 97.4. The zero-order valence-electron chi connectivity index (χ0n) is 45.6. The number of benzene rings is 11. The maximum absolute atomic E-state index is 5.91. The van der Waals surface area contributed by atoms with Gasteiger partial charge in [-0.3, -0.25) is 0 Å². The summed E-state index contributed by atoms with van der Waals surface area (Å²) >= 11 is 0. The van der Waals surface area contributed by atoms with Crippen LogP contribution in [0.4, 0.5) is 0 Å². The summed E-state index contributed by atoms with van der Waals surface area (Å²) in [5.74, 6) is 1.09. The monoisotopic (exact) mass is 1060 g/mol. The van der Waals surface area contributed by atoms with Gasteiger partial charge in [-0.05, 0) is 80.6 Å². The van der Waals surface area contributed by atoms with E-state index in [1.54, 1.807) is 0 Å². The summed E-state index contributed by atoms with van der Waals surface area (Å²) in [6.45, 7) is 4.36. The lowest BCUT2D eigenvalue weighted by Gasteiger charge is -2.26. The Kier molecular flexibility index (Phi) is 11.2. The van der Waals surface area contributed by atoms with E-state index in [4.69, 9.17) is 19.9 Å². The van der Waals surface area contributed by atoms with Gasteiger partial charge in [-0.15, -0.1) is 0 Å². The Morgan fingerprint density at radius 3 is 0.952 bits per heavy atom. The van der Waals surface area contributed by atoms with E-state index < -0.39 is 0 Å². The highest BCUT2D eigenvalue weighted by Gasteiger charge is 2.33. The molecule has 0 spiro atoms. The number of rotatable bonds is 9. The highest BCUT2D eigenvalue weighted by Crippen LogP contribution is 2.50. The third kappa shape index (κ3) is 7.88. The van der Waals surface area contributed by atoms with Gasteiger partial charge in [-0.2, -0.15) is 0 Å². The smallest absolute Gasteiger partial charge is 0.164 e. The Hall–Kier alpha value is -11.0. The fourth-order valence-corrected chi connectivity index (χ4v) is 12.7. The van der Waals surface area contributed by atoms with Crippen LogP contribution in [0.25, 0.3) is 150 Å². The maximum Gasteiger partial charge on any atom is 0.164 e. The molecule has 83 heavy (non-hydrogen) atoms. The van der Waals surface area contributed by atoms with Crippen molar-refractivity contribution in [3.8, 4) is 84.9 Å². The molecular formula is C76H51N7. The minimum atomic E-state index is 0.539. The maximum atomic E-state index is 5.91. The van der Waals surface area contributed by atoms with Crippen LogP contribution in [0.3, 0.4) is 0 Å². The molecule has 0 saturated heterocycles. The summed E-state index contributed by atoms with van der Waals surface area (Å²) in [5, 5.41) is 6.81. The minimum absolute atomic E-state index is 0.539. The van der Waals surface area contributed by atoms with Gasteiger partial charge in [0.1, 0.15) is 0 Å². The molecule has 16 rings (SSSR count). The van der Waals surface area contributed by atoms with Crippen LogP contribution >= 0.6 is 0 Å². The van der Waals surface area contributed by atoms with Crippen molar-refractivity contribution in [3.63, 3.8) is 0 Å². The summed E-state index contributed by atoms with van der Waals surface area (Å²) in [4.78, 5) is 23.4. The molecule has 390 valence electrons. The molecule has 11 aromatic carbocycles. The Bertz CT molecular complexity index is 4930. The van der Waals surface area contributed by atoms with E-state index in [0.29, 0.717) is 11.6 Å². The topological polar surface area (TPSA) is 66.3 Å². The number of nitrogens with zero attached hydrogens (tertiary/aromatic N) is 7. The van der Waals surface area contributed by atoms with Gasteiger partial charge < -0.3 is 13.7 Å². The van der Waals surface area contributed by atoms with E-state index in [9.17, 15) is 0 Å². The van der Waals surface area contributed by atoms with Crippen molar-refractivity contribution in [1.29, 1.82) is 0 Å². The molecule has 5 aromatic heterocycles. The van der Waals surface area contributed by atoms with Crippen molar-refractivity contribution in [2.75, 3.05) is 0 Å². The zero-order chi connectivity index (χ0) is 55.1. The molecule has 0 aliphatic carbocycles. The zero-order valence-corrected chi connectivity index (χ0v) is 45.6. The summed E-state index contributed by atoms with van der Waals surface area (Å²) in [6.07, 6.45) is 0. The van der Waals surface area contributed by atoms with E-state index in [2.05, 4.69) is 301 Å². The molecule has 0 amide bonds. The van der Waals surface area contributed by atoms with Crippen LogP contribution in [0, 0.1) is 13.8 Å². The van der Waals surface area contributed by atoms with E-state index in [1.165, 1.54) is 11.1 Å². The fraction of sp³-hybridized carbons (Fsp3) is 0.0263. The first kappa shape index (κ1) is 47.9. The molecule has 7 heteroatoms. The normalized spacial score (nSPS) is 11.7. The SMILES string of the molecule is Cc1ccc2c(c1)c1cc(C)ccc1n2-c1c(-c2nc(-c3ccccc3)cc(-c3ccccc3)n2)cc(-n2c3ccccc3c3ccccc32)c(-n2c3ccccc3c3ccccc32)c1-c1nc(-c2ccccc2)cc(-c2ccccc2)n1. The fourth-order valence-electron chi connectivity index (χ4n) is 12.7. The lowest BCUT2D eigenvalue weighted by Crippen LogP contribution is -2.13. The van der Waals surface area contributed by atoms with Crippen molar-refractivity contribution in [2.24, 2.45) is 0 Å². The second kappa shape index (κ2) is 19.4. The third-order valence-corrected chi connectivity index (χ3v) is 16.4. The van der Waals surface area contributed by atoms with Gasteiger partial charge in [0, 0.05) is 60.1 Å². The molecule has 0 atom stereocenters. The Labute approximate surface area is 479 Å². The Morgan fingerprint density at radius 2 is 0.566 bits per heavy atom. The molecule has 0 fully saturated rings. The van der Waals surface area contributed by atoms with E-state index in [0.717, 1.165) is 139 Å². The predicted molar refractivity (Wildman–Crippen MR) is 343 cm³/mol. The second-order valence-corrected chi connectivity index (χ2v) is 21.5. The molecule has 0 saturated carbocycles. The van der Waals surface area contributed by atoms with Gasteiger partial charge in [0.2, 0.25) is 0 Å². The summed E-state index contributed by atoms with van der Waals surface area (Å²) in [5.41, 5.74) is 19.9. The van der Waals surface area contributed by atoms with E-state index in [1.807, 2.05) is 0 Å². The van der Waals surface area contributed by atoms with Crippen LogP contribution in [0.5, 0.6) is 0 Å². The third-order valence-electron chi connectivity index (χ3n) is 16.4. The lowest BCUT2D eigenvalue weighted by molar-refractivity contribution is 1.06. The molecule has 5 heterocycles. The van der Waals surface area contributed by atoms with Crippen LogP contribution in [0.1, 0.15) is 11.1 Å². The van der Waals surface area contributed by atoms with E-state index >= 15 is 0 Å². The molecule has 0 aliphatic rings. The van der Waals surface area contributed by atoms with Crippen LogP contribution in [-0.2, 0) is 0 Å². The summed E-state index contributed by atoms with van der Waals surface area (Å²) < 4.78 is 7.39. The number of aromatic nitrogens is 7. The molecule has 0 N–H and O–H groups in total.